The van der Waals surface area contributed by atoms with Crippen LogP contribution in [0.15, 0.2) is 79.0 Å². The van der Waals surface area contributed by atoms with E-state index < -0.39 is 17.6 Å². The fourth-order valence-electron chi connectivity index (χ4n) is 4.98. The first kappa shape index (κ1) is 25.9. The standard InChI is InChI=1S/C32H27F4NO/c1-4-13-38-20(3)22-14-19(2)15-23(16-22)31-26-10-9-21-17-28(25-7-5-6-8-30(25)33)29(32(34,35)36)18-27(21)24(26)11-12-37-31/h5-12,14-18,20H,4,13H2,1-3H3. The number of aryl methyl sites for hydroxylation is 1. The van der Waals surface area contributed by atoms with Gasteiger partial charge < -0.3 is 4.74 Å². The van der Waals surface area contributed by atoms with Crippen molar-refractivity contribution >= 4 is 21.5 Å². The van der Waals surface area contributed by atoms with Crippen LogP contribution in [0.3, 0.4) is 0 Å². The van der Waals surface area contributed by atoms with Crippen LogP contribution in [0.1, 0.15) is 43.1 Å². The lowest BCUT2D eigenvalue weighted by atomic mass is 9.91. The van der Waals surface area contributed by atoms with Crippen molar-refractivity contribution < 1.29 is 22.3 Å². The lowest BCUT2D eigenvalue weighted by Gasteiger charge is -2.17. The minimum atomic E-state index is -4.66. The third kappa shape index (κ3) is 4.88. The van der Waals surface area contributed by atoms with Gasteiger partial charge in [-0.2, -0.15) is 13.2 Å². The van der Waals surface area contributed by atoms with Crippen LogP contribution in [0, 0.1) is 12.7 Å². The number of alkyl halides is 3. The van der Waals surface area contributed by atoms with E-state index in [2.05, 4.69) is 18.0 Å². The molecule has 0 N–H and O–H groups in total. The van der Waals surface area contributed by atoms with Crippen LogP contribution in [0.2, 0.25) is 0 Å². The van der Waals surface area contributed by atoms with Gasteiger partial charge in [-0.15, -0.1) is 0 Å². The number of hydrogen-bond donors (Lipinski definition) is 0. The summed E-state index contributed by atoms with van der Waals surface area (Å²) < 4.78 is 63.2. The Morgan fingerprint density at radius 3 is 2.39 bits per heavy atom. The van der Waals surface area contributed by atoms with Gasteiger partial charge in [0.15, 0.2) is 0 Å². The summed E-state index contributed by atoms with van der Waals surface area (Å²) in [6, 6.07) is 19.6. The first-order valence-corrected chi connectivity index (χ1v) is 12.6. The van der Waals surface area contributed by atoms with E-state index >= 15 is 0 Å². The van der Waals surface area contributed by atoms with Crippen molar-refractivity contribution in [1.82, 2.24) is 4.98 Å². The maximum Gasteiger partial charge on any atom is 0.417 e. The molecule has 0 aliphatic heterocycles. The first-order valence-electron chi connectivity index (χ1n) is 12.6. The van der Waals surface area contributed by atoms with E-state index in [1.165, 1.54) is 30.3 Å². The molecule has 1 atom stereocenters. The maximum atomic E-state index is 14.5. The summed E-state index contributed by atoms with van der Waals surface area (Å²) >= 11 is 0. The van der Waals surface area contributed by atoms with E-state index in [1.807, 2.05) is 32.0 Å². The van der Waals surface area contributed by atoms with Crippen LogP contribution >= 0.6 is 0 Å². The number of fused-ring (bicyclic) bond motifs is 3. The lowest BCUT2D eigenvalue weighted by Crippen LogP contribution is -2.08. The van der Waals surface area contributed by atoms with Crippen LogP contribution < -0.4 is 0 Å². The second kappa shape index (κ2) is 10.2. The molecule has 0 saturated heterocycles. The Labute approximate surface area is 218 Å². The average molecular weight is 518 g/mol. The highest BCUT2D eigenvalue weighted by Crippen LogP contribution is 2.42. The van der Waals surface area contributed by atoms with Gasteiger partial charge in [-0.25, -0.2) is 4.39 Å². The van der Waals surface area contributed by atoms with Crippen LogP contribution in [0.25, 0.3) is 43.9 Å². The van der Waals surface area contributed by atoms with Gasteiger partial charge in [0.05, 0.1) is 17.4 Å². The number of halogens is 4. The third-order valence-corrected chi connectivity index (χ3v) is 6.78. The summed E-state index contributed by atoms with van der Waals surface area (Å²) in [6.07, 6.45) is -2.23. The monoisotopic (exact) mass is 517 g/mol. The van der Waals surface area contributed by atoms with Crippen molar-refractivity contribution in [3.8, 4) is 22.4 Å². The first-order chi connectivity index (χ1) is 18.2. The number of ether oxygens (including phenoxy) is 1. The molecule has 1 heterocycles. The van der Waals surface area contributed by atoms with Crippen LogP contribution in [0.5, 0.6) is 0 Å². The number of aromatic nitrogens is 1. The van der Waals surface area contributed by atoms with E-state index in [0.29, 0.717) is 28.5 Å². The molecular weight excluding hydrogens is 490 g/mol. The molecular formula is C32H27F4NO. The molecule has 0 amide bonds. The van der Waals surface area contributed by atoms with Gasteiger partial charge in [0.2, 0.25) is 0 Å². The molecule has 1 aromatic heterocycles. The zero-order valence-electron chi connectivity index (χ0n) is 21.4. The molecule has 2 nitrogen and oxygen atoms in total. The molecule has 6 heteroatoms. The average Bonchev–Trinajstić information content (AvgIpc) is 2.90. The van der Waals surface area contributed by atoms with Gasteiger partial charge in [-0.05, 0) is 84.0 Å². The van der Waals surface area contributed by atoms with Crippen LogP contribution in [0.4, 0.5) is 17.6 Å². The molecule has 5 rings (SSSR count). The zero-order valence-corrected chi connectivity index (χ0v) is 21.4. The topological polar surface area (TPSA) is 22.1 Å². The maximum absolute atomic E-state index is 14.5. The predicted molar refractivity (Wildman–Crippen MR) is 144 cm³/mol. The van der Waals surface area contributed by atoms with Crippen molar-refractivity contribution in [3.63, 3.8) is 0 Å². The molecule has 194 valence electrons. The van der Waals surface area contributed by atoms with E-state index in [1.54, 1.807) is 18.3 Å². The molecule has 0 spiro atoms. The van der Waals surface area contributed by atoms with E-state index in [0.717, 1.165) is 34.6 Å². The normalized spacial score (nSPS) is 12.8. The minimum absolute atomic E-state index is 0.0797. The number of pyridine rings is 1. The fraction of sp³-hybridized carbons (Fsp3) is 0.219. The van der Waals surface area contributed by atoms with Gasteiger partial charge in [-0.1, -0.05) is 48.9 Å². The molecule has 5 aromatic rings. The molecule has 0 aliphatic rings. The Bertz CT molecular complexity index is 1640. The highest BCUT2D eigenvalue weighted by atomic mass is 19.4. The second-order valence-electron chi connectivity index (χ2n) is 9.56. The smallest absolute Gasteiger partial charge is 0.374 e. The Balaban J connectivity index is 1.72. The summed E-state index contributed by atoms with van der Waals surface area (Å²) in [5.74, 6) is -0.697. The highest BCUT2D eigenvalue weighted by molar-refractivity contribution is 6.12. The Morgan fingerprint density at radius 2 is 1.66 bits per heavy atom. The summed E-state index contributed by atoms with van der Waals surface area (Å²) in [6.45, 7) is 6.71. The van der Waals surface area contributed by atoms with Crippen LogP contribution in [-0.4, -0.2) is 11.6 Å². The number of nitrogens with zero attached hydrogens (tertiary/aromatic N) is 1. The van der Waals surface area contributed by atoms with E-state index in [4.69, 9.17) is 4.74 Å². The predicted octanol–water partition coefficient (Wildman–Crippen LogP) is 9.68. The van der Waals surface area contributed by atoms with Crippen molar-refractivity contribution in [2.75, 3.05) is 6.61 Å². The molecule has 0 saturated carbocycles. The summed E-state index contributed by atoms with van der Waals surface area (Å²) in [5, 5.41) is 2.42. The molecule has 1 unspecified atom stereocenters. The van der Waals surface area contributed by atoms with Gasteiger partial charge in [0.1, 0.15) is 5.82 Å². The Morgan fingerprint density at radius 1 is 0.868 bits per heavy atom. The Kier molecular flexibility index (Phi) is 6.93. The molecule has 4 aromatic carbocycles. The van der Waals surface area contributed by atoms with Crippen LogP contribution in [-0.2, 0) is 10.9 Å². The quantitative estimate of drug-likeness (QED) is 0.165. The molecule has 38 heavy (non-hydrogen) atoms. The number of hydrogen-bond acceptors (Lipinski definition) is 2. The van der Waals surface area contributed by atoms with Gasteiger partial charge >= 0.3 is 6.18 Å². The van der Waals surface area contributed by atoms with E-state index in [-0.39, 0.29) is 17.2 Å². The molecule has 0 aliphatic carbocycles. The summed E-state index contributed by atoms with van der Waals surface area (Å²) in [7, 11) is 0. The molecule has 0 fully saturated rings. The summed E-state index contributed by atoms with van der Waals surface area (Å²) in [4.78, 5) is 4.62. The van der Waals surface area contributed by atoms with Gasteiger partial charge in [0, 0.05) is 29.3 Å². The summed E-state index contributed by atoms with van der Waals surface area (Å²) in [5.41, 5.74) is 2.48. The zero-order chi connectivity index (χ0) is 27.0. The van der Waals surface area contributed by atoms with E-state index in [9.17, 15) is 17.6 Å². The molecule has 0 radical (unpaired) electrons. The fourth-order valence-corrected chi connectivity index (χ4v) is 4.98. The van der Waals surface area contributed by atoms with Gasteiger partial charge in [-0.3, -0.25) is 4.98 Å². The third-order valence-electron chi connectivity index (χ3n) is 6.78. The van der Waals surface area contributed by atoms with Crippen molar-refractivity contribution in [2.45, 2.75) is 39.5 Å². The number of rotatable bonds is 6. The lowest BCUT2D eigenvalue weighted by molar-refractivity contribution is -0.137. The minimum Gasteiger partial charge on any atom is -0.374 e. The van der Waals surface area contributed by atoms with Crippen molar-refractivity contribution in [1.29, 1.82) is 0 Å². The van der Waals surface area contributed by atoms with Gasteiger partial charge in [0.25, 0.3) is 0 Å². The molecule has 0 bridgehead atoms. The highest BCUT2D eigenvalue weighted by Gasteiger charge is 2.35. The number of benzene rings is 4. The van der Waals surface area contributed by atoms with Crippen molar-refractivity contribution in [2.24, 2.45) is 0 Å². The Hall–Kier alpha value is -3.77. The van der Waals surface area contributed by atoms with Crippen molar-refractivity contribution in [3.05, 3.63) is 102 Å². The largest absolute Gasteiger partial charge is 0.417 e. The SMILES string of the molecule is CCCOC(C)c1cc(C)cc(-c2nccc3c2ccc2cc(-c4ccccc4F)c(C(F)(F)F)cc23)c1. The second-order valence-corrected chi connectivity index (χ2v) is 9.56.